The molecule has 2 atom stereocenters. The number of nitrogens with zero attached hydrogens (tertiary/aromatic N) is 4. The second-order valence-corrected chi connectivity index (χ2v) is 11.3. The highest BCUT2D eigenvalue weighted by Gasteiger charge is 2.45. The topological polar surface area (TPSA) is 99.6 Å². The van der Waals surface area contributed by atoms with Crippen molar-refractivity contribution in [1.29, 1.82) is 0 Å². The van der Waals surface area contributed by atoms with Crippen molar-refractivity contribution in [2.75, 3.05) is 37.4 Å². The second-order valence-electron chi connectivity index (χ2n) is 11.3. The van der Waals surface area contributed by atoms with E-state index in [1.165, 1.54) is 11.0 Å². The van der Waals surface area contributed by atoms with Gasteiger partial charge in [0.05, 0.1) is 23.5 Å². The number of amides is 3. The largest absolute Gasteiger partial charge is 0.416 e. The number of anilines is 2. The van der Waals surface area contributed by atoms with Gasteiger partial charge in [-0.3, -0.25) is 24.2 Å². The Kier molecular flexibility index (Phi) is 9.49. The zero-order chi connectivity index (χ0) is 33.9. The van der Waals surface area contributed by atoms with E-state index in [0.717, 1.165) is 18.2 Å². The molecule has 0 unspecified atom stereocenters. The first-order valence-corrected chi connectivity index (χ1v) is 14.9. The van der Waals surface area contributed by atoms with E-state index in [4.69, 9.17) is 5.10 Å². The summed E-state index contributed by atoms with van der Waals surface area (Å²) in [6.07, 6.45) is -4.65. The van der Waals surface area contributed by atoms with E-state index in [1.807, 2.05) is 49.3 Å². The number of hydrogen-bond acceptors (Lipinski definition) is 5. The molecule has 2 heterocycles. The van der Waals surface area contributed by atoms with E-state index >= 15 is 0 Å². The Labute approximate surface area is 270 Å². The van der Waals surface area contributed by atoms with Gasteiger partial charge in [-0.1, -0.05) is 42.3 Å². The molecule has 1 aliphatic heterocycles. The number of carbonyl (C=O) groups excluding carboxylic acids is 3. The minimum absolute atomic E-state index is 0.230. The van der Waals surface area contributed by atoms with Gasteiger partial charge in [0.25, 0.3) is 17.7 Å². The average Bonchev–Trinajstić information content (AvgIpc) is 3.37. The molecule has 0 spiro atoms. The Morgan fingerprint density at radius 1 is 1.00 bits per heavy atom. The number of aromatic nitrogens is 2. The second kappa shape index (κ2) is 13.5. The molecule has 4 aromatic rings. The third-order valence-electron chi connectivity index (χ3n) is 7.67. The maximum absolute atomic E-state index is 14.3. The number of aryl methyl sites for hydroxylation is 1. The monoisotopic (exact) mass is 642 g/mol. The van der Waals surface area contributed by atoms with Gasteiger partial charge in [-0.2, -0.15) is 18.3 Å². The van der Waals surface area contributed by atoms with Crippen LogP contribution in [0.4, 0.5) is 24.7 Å². The molecule has 3 amide bonds. The van der Waals surface area contributed by atoms with Crippen LogP contribution in [0.25, 0.3) is 5.69 Å². The van der Waals surface area contributed by atoms with E-state index in [-0.39, 0.29) is 12.1 Å². The van der Waals surface area contributed by atoms with Gasteiger partial charge in [-0.05, 0) is 81.9 Å². The lowest BCUT2D eigenvalue weighted by atomic mass is 9.81. The lowest BCUT2D eigenvalue weighted by Gasteiger charge is -2.38. The van der Waals surface area contributed by atoms with Crippen LogP contribution in [0.15, 0.2) is 78.9 Å². The number of carbonyl (C=O) groups is 3. The number of nitrogens with one attached hydrogen (secondary N) is 2. The summed E-state index contributed by atoms with van der Waals surface area (Å²) in [6, 6.07) is 18.9. The quantitative estimate of drug-likeness (QED) is 0.277. The summed E-state index contributed by atoms with van der Waals surface area (Å²) in [4.78, 5) is 43.8. The lowest BCUT2D eigenvalue weighted by molar-refractivity contribution is -0.137. The summed E-state index contributed by atoms with van der Waals surface area (Å²) < 4.78 is 42.1. The number of benzene rings is 3. The van der Waals surface area contributed by atoms with Crippen molar-refractivity contribution in [1.82, 2.24) is 20.0 Å². The van der Waals surface area contributed by atoms with Crippen LogP contribution < -0.4 is 15.5 Å². The molecule has 0 radical (unpaired) electrons. The molecule has 242 valence electrons. The highest BCUT2D eigenvalue weighted by Crippen LogP contribution is 2.44. The maximum atomic E-state index is 14.3. The van der Waals surface area contributed by atoms with Crippen molar-refractivity contribution in [2.24, 2.45) is 0 Å². The number of alkyl halides is 3. The predicted molar refractivity (Wildman–Crippen MR) is 172 cm³/mol. The molecule has 0 fully saturated rings. The highest BCUT2D eigenvalue weighted by atomic mass is 19.4. The molecule has 1 aliphatic rings. The maximum Gasteiger partial charge on any atom is 0.416 e. The Hall–Kier alpha value is -5.41. The van der Waals surface area contributed by atoms with Gasteiger partial charge >= 0.3 is 6.18 Å². The zero-order valence-electron chi connectivity index (χ0n) is 26.2. The van der Waals surface area contributed by atoms with Crippen LogP contribution >= 0.6 is 0 Å². The molecule has 0 aliphatic carbocycles. The summed E-state index contributed by atoms with van der Waals surface area (Å²) in [5.41, 5.74) is 1.71. The van der Waals surface area contributed by atoms with Gasteiger partial charge in [0.1, 0.15) is 11.9 Å². The van der Waals surface area contributed by atoms with Crippen LogP contribution in [0, 0.1) is 18.8 Å². The van der Waals surface area contributed by atoms with E-state index in [1.54, 1.807) is 42.8 Å². The average molecular weight is 643 g/mol. The minimum Gasteiger partial charge on any atom is -0.339 e. The molecule has 3 aromatic carbocycles. The van der Waals surface area contributed by atoms with Crippen LogP contribution in [0.2, 0.25) is 0 Å². The van der Waals surface area contributed by atoms with Crippen molar-refractivity contribution < 1.29 is 27.6 Å². The molecular weight excluding hydrogens is 609 g/mol. The molecule has 47 heavy (non-hydrogen) atoms. The van der Waals surface area contributed by atoms with E-state index < -0.39 is 41.4 Å². The third-order valence-corrected chi connectivity index (χ3v) is 7.67. The van der Waals surface area contributed by atoms with E-state index in [9.17, 15) is 27.6 Å². The van der Waals surface area contributed by atoms with Gasteiger partial charge in [0, 0.05) is 29.3 Å². The van der Waals surface area contributed by atoms with Crippen LogP contribution in [-0.2, 0) is 15.8 Å². The van der Waals surface area contributed by atoms with Gasteiger partial charge in [0.2, 0.25) is 0 Å². The molecule has 0 saturated carbocycles. The molecular formula is C35H33F3N6O3. The molecule has 2 N–H and O–H groups in total. The molecule has 5 rings (SSSR count). The minimum atomic E-state index is -4.65. The number of likely N-dealkylation sites (N-methyl/N-ethyl adjacent to an activating group) is 1. The fourth-order valence-electron chi connectivity index (χ4n) is 5.60. The van der Waals surface area contributed by atoms with Crippen LogP contribution in [-0.4, -0.2) is 65.6 Å². The molecule has 12 heteroatoms. The number of rotatable bonds is 7. The van der Waals surface area contributed by atoms with E-state index in [2.05, 4.69) is 22.5 Å². The highest BCUT2D eigenvalue weighted by molar-refractivity contribution is 6.06. The first kappa shape index (κ1) is 33.0. The van der Waals surface area contributed by atoms with Crippen LogP contribution in [0.1, 0.15) is 45.6 Å². The molecule has 0 saturated heterocycles. The van der Waals surface area contributed by atoms with Crippen molar-refractivity contribution in [2.45, 2.75) is 32.0 Å². The van der Waals surface area contributed by atoms with Gasteiger partial charge in [0.15, 0.2) is 0 Å². The van der Waals surface area contributed by atoms with Crippen LogP contribution in [0.5, 0.6) is 0 Å². The Bertz CT molecular complexity index is 1870. The zero-order valence-corrected chi connectivity index (χ0v) is 26.2. The third kappa shape index (κ3) is 7.05. The lowest BCUT2D eigenvalue weighted by Crippen LogP contribution is -2.55. The number of hydrogen-bond donors (Lipinski definition) is 2. The predicted octanol–water partition coefficient (Wildman–Crippen LogP) is 5.00. The SMILES string of the molecule is CCN1C(=O)[C@H](NC(=O)c2cccc(C(F)(F)F)c2)[C@@H](c2cccc(NC(=O)C#CCN(C)C)c2)c2c(C)nn(-c3ccccc3)c21. The summed E-state index contributed by atoms with van der Waals surface area (Å²) in [6.45, 7) is 4.21. The number of halogens is 3. The van der Waals surface area contributed by atoms with Crippen molar-refractivity contribution in [3.63, 3.8) is 0 Å². The Balaban J connectivity index is 1.62. The Morgan fingerprint density at radius 2 is 1.72 bits per heavy atom. The standard InChI is InChI=1S/C35H33F3N6O3/c1-5-43-33-29(22(2)41-44(33)27-16-7-6-8-17-27)30(23-12-10-15-26(21-23)39-28(45)18-11-19-42(3)4)31(34(43)47)40-32(46)24-13-9-14-25(20-24)35(36,37)38/h6-10,12-17,20-21,30-31H,5,19H2,1-4H3,(H,39,45)(H,40,46)/t30-,31+/m0/s1. The normalized spacial score (nSPS) is 15.9. The first-order chi connectivity index (χ1) is 22.4. The van der Waals surface area contributed by atoms with Gasteiger partial charge < -0.3 is 10.6 Å². The van der Waals surface area contributed by atoms with Crippen molar-refractivity contribution >= 4 is 29.2 Å². The first-order valence-electron chi connectivity index (χ1n) is 14.9. The summed E-state index contributed by atoms with van der Waals surface area (Å²) in [5, 5.41) is 10.3. The van der Waals surface area contributed by atoms with Crippen LogP contribution in [0.3, 0.4) is 0 Å². The number of para-hydroxylation sites is 1. The van der Waals surface area contributed by atoms with Gasteiger partial charge in [-0.15, -0.1) is 0 Å². The Morgan fingerprint density at radius 3 is 2.40 bits per heavy atom. The summed E-state index contributed by atoms with van der Waals surface area (Å²) in [5.74, 6) is 3.19. The van der Waals surface area contributed by atoms with Crippen molar-refractivity contribution in [3.05, 3.63) is 107 Å². The molecule has 1 aromatic heterocycles. The smallest absolute Gasteiger partial charge is 0.339 e. The number of fused-ring (bicyclic) bond motifs is 1. The van der Waals surface area contributed by atoms with Crippen molar-refractivity contribution in [3.8, 4) is 17.5 Å². The summed E-state index contributed by atoms with van der Waals surface area (Å²) >= 11 is 0. The fraction of sp³-hybridized carbons (Fsp3) is 0.257. The van der Waals surface area contributed by atoms with E-state index in [0.29, 0.717) is 40.6 Å². The fourth-order valence-corrected chi connectivity index (χ4v) is 5.60. The molecule has 9 nitrogen and oxygen atoms in total. The summed E-state index contributed by atoms with van der Waals surface area (Å²) in [7, 11) is 3.67. The molecule has 0 bridgehead atoms. The van der Waals surface area contributed by atoms with Gasteiger partial charge in [-0.25, -0.2) is 4.68 Å².